The first-order chi connectivity index (χ1) is 8.26. The predicted molar refractivity (Wildman–Crippen MR) is 70.5 cm³/mol. The number of carbonyl (C=O) groups is 1. The average Bonchev–Trinajstić information content (AvgIpc) is 2.34. The second kappa shape index (κ2) is 11.4. The normalized spacial score (nSPS) is 9.94. The molecule has 0 heterocycles. The summed E-state index contributed by atoms with van der Waals surface area (Å²) in [5.41, 5.74) is 0. The van der Waals surface area contributed by atoms with Gasteiger partial charge in [-0.1, -0.05) is 45.4 Å². The van der Waals surface area contributed by atoms with Gasteiger partial charge in [0.2, 0.25) is 5.91 Å². The number of hydrogen-bond acceptors (Lipinski definition) is 2. The summed E-state index contributed by atoms with van der Waals surface area (Å²) in [4.78, 5) is 13.3. The van der Waals surface area contributed by atoms with Crippen LogP contribution in [-0.2, 0) is 4.79 Å². The zero-order valence-electron chi connectivity index (χ0n) is 11.4. The van der Waals surface area contributed by atoms with E-state index in [-0.39, 0.29) is 12.5 Å². The van der Waals surface area contributed by atoms with E-state index in [0.29, 0.717) is 13.0 Å². The van der Waals surface area contributed by atoms with Gasteiger partial charge in [0.25, 0.3) is 0 Å². The van der Waals surface area contributed by atoms with Crippen molar-refractivity contribution in [3.8, 4) is 6.07 Å². The van der Waals surface area contributed by atoms with E-state index in [0.717, 1.165) is 12.8 Å². The third-order valence-corrected chi connectivity index (χ3v) is 2.99. The van der Waals surface area contributed by atoms with E-state index in [1.54, 1.807) is 4.90 Å². The first-order valence-electron chi connectivity index (χ1n) is 6.91. The molecule has 0 aromatic rings. The van der Waals surface area contributed by atoms with E-state index in [1.807, 2.05) is 13.0 Å². The van der Waals surface area contributed by atoms with E-state index >= 15 is 0 Å². The number of rotatable bonds is 10. The SMILES string of the molecule is CCCCCCCCCC(=O)N(CC)CC#N. The second-order valence-corrected chi connectivity index (χ2v) is 4.44. The molecular weight excluding hydrogens is 212 g/mol. The standard InChI is InChI=1S/C14H26N2O/c1-3-5-6-7-8-9-10-11-14(17)16(4-2)13-12-15/h3-11,13H2,1-2H3. The summed E-state index contributed by atoms with van der Waals surface area (Å²) in [7, 11) is 0. The molecule has 17 heavy (non-hydrogen) atoms. The molecule has 0 fully saturated rings. The topological polar surface area (TPSA) is 44.1 Å². The Labute approximate surface area is 106 Å². The minimum absolute atomic E-state index is 0.127. The smallest absolute Gasteiger partial charge is 0.223 e. The Morgan fingerprint density at radius 3 is 2.18 bits per heavy atom. The number of carbonyl (C=O) groups excluding carboxylic acids is 1. The van der Waals surface area contributed by atoms with Crippen molar-refractivity contribution < 1.29 is 4.79 Å². The molecule has 0 N–H and O–H groups in total. The minimum atomic E-state index is 0.127. The number of nitriles is 1. The lowest BCUT2D eigenvalue weighted by Crippen LogP contribution is -2.30. The molecule has 0 radical (unpaired) electrons. The van der Waals surface area contributed by atoms with Crippen LogP contribution in [0, 0.1) is 11.3 Å². The number of hydrogen-bond donors (Lipinski definition) is 0. The van der Waals surface area contributed by atoms with Gasteiger partial charge in [0.15, 0.2) is 0 Å². The van der Waals surface area contributed by atoms with E-state index < -0.39 is 0 Å². The first kappa shape index (κ1) is 16.0. The lowest BCUT2D eigenvalue weighted by Gasteiger charge is -2.16. The van der Waals surface area contributed by atoms with Crippen molar-refractivity contribution >= 4 is 5.91 Å². The summed E-state index contributed by atoms with van der Waals surface area (Å²) in [6.07, 6.45) is 9.15. The highest BCUT2D eigenvalue weighted by Gasteiger charge is 2.09. The molecule has 0 rings (SSSR count). The van der Waals surface area contributed by atoms with E-state index in [2.05, 4.69) is 6.92 Å². The van der Waals surface area contributed by atoms with Crippen molar-refractivity contribution in [2.24, 2.45) is 0 Å². The van der Waals surface area contributed by atoms with Crippen LogP contribution in [0.3, 0.4) is 0 Å². The van der Waals surface area contributed by atoms with Crippen LogP contribution in [0.4, 0.5) is 0 Å². The van der Waals surface area contributed by atoms with Crippen LogP contribution in [-0.4, -0.2) is 23.9 Å². The first-order valence-corrected chi connectivity index (χ1v) is 6.91. The van der Waals surface area contributed by atoms with Gasteiger partial charge in [0, 0.05) is 13.0 Å². The zero-order valence-corrected chi connectivity index (χ0v) is 11.4. The Kier molecular flexibility index (Phi) is 10.7. The molecule has 0 saturated carbocycles. The van der Waals surface area contributed by atoms with Gasteiger partial charge in [-0.25, -0.2) is 0 Å². The van der Waals surface area contributed by atoms with Crippen molar-refractivity contribution in [2.45, 2.75) is 65.2 Å². The lowest BCUT2D eigenvalue weighted by molar-refractivity contribution is -0.130. The monoisotopic (exact) mass is 238 g/mol. The molecule has 98 valence electrons. The lowest BCUT2D eigenvalue weighted by atomic mass is 10.1. The number of amides is 1. The van der Waals surface area contributed by atoms with E-state index in [1.165, 1.54) is 32.1 Å². The Morgan fingerprint density at radius 2 is 1.65 bits per heavy atom. The fraction of sp³-hybridized carbons (Fsp3) is 0.857. The van der Waals surface area contributed by atoms with Crippen LogP contribution in [0.5, 0.6) is 0 Å². The van der Waals surface area contributed by atoms with Gasteiger partial charge in [-0.05, 0) is 13.3 Å². The molecular formula is C14H26N2O. The van der Waals surface area contributed by atoms with E-state index in [4.69, 9.17) is 5.26 Å². The van der Waals surface area contributed by atoms with Crippen LogP contribution in [0.1, 0.15) is 65.2 Å². The van der Waals surface area contributed by atoms with Crippen LogP contribution < -0.4 is 0 Å². The molecule has 0 bridgehead atoms. The number of nitrogens with zero attached hydrogens (tertiary/aromatic N) is 2. The Morgan fingerprint density at radius 1 is 1.06 bits per heavy atom. The van der Waals surface area contributed by atoms with Crippen LogP contribution in [0.25, 0.3) is 0 Å². The molecule has 0 aliphatic heterocycles. The predicted octanol–water partition coefficient (Wildman–Crippen LogP) is 3.50. The fourth-order valence-electron chi connectivity index (χ4n) is 1.85. The fourth-order valence-corrected chi connectivity index (χ4v) is 1.85. The third kappa shape index (κ3) is 8.74. The van der Waals surface area contributed by atoms with Gasteiger partial charge in [0.05, 0.1) is 6.07 Å². The molecule has 0 aliphatic rings. The Balaban J connectivity index is 3.47. The molecule has 1 amide bonds. The van der Waals surface area contributed by atoms with Gasteiger partial charge >= 0.3 is 0 Å². The van der Waals surface area contributed by atoms with Crippen molar-refractivity contribution in [3.63, 3.8) is 0 Å². The molecule has 0 saturated heterocycles. The highest BCUT2D eigenvalue weighted by molar-refractivity contribution is 5.76. The molecule has 0 aromatic heterocycles. The van der Waals surface area contributed by atoms with E-state index in [9.17, 15) is 4.79 Å². The van der Waals surface area contributed by atoms with Gasteiger partial charge < -0.3 is 4.90 Å². The summed E-state index contributed by atoms with van der Waals surface area (Å²) >= 11 is 0. The quantitative estimate of drug-likeness (QED) is 0.432. The maximum Gasteiger partial charge on any atom is 0.223 e. The summed E-state index contributed by atoms with van der Waals surface area (Å²) in [6, 6.07) is 2.03. The molecule has 0 unspecified atom stereocenters. The summed E-state index contributed by atoms with van der Waals surface area (Å²) in [6.45, 7) is 5.00. The highest BCUT2D eigenvalue weighted by atomic mass is 16.2. The third-order valence-electron chi connectivity index (χ3n) is 2.99. The van der Waals surface area contributed by atoms with Gasteiger partial charge in [0.1, 0.15) is 6.54 Å². The maximum absolute atomic E-state index is 11.7. The van der Waals surface area contributed by atoms with Crippen LogP contribution in [0.15, 0.2) is 0 Å². The molecule has 3 nitrogen and oxygen atoms in total. The number of unbranched alkanes of at least 4 members (excludes halogenated alkanes) is 6. The van der Waals surface area contributed by atoms with Crippen molar-refractivity contribution in [2.75, 3.05) is 13.1 Å². The molecule has 3 heteroatoms. The maximum atomic E-state index is 11.7. The van der Waals surface area contributed by atoms with Crippen molar-refractivity contribution in [3.05, 3.63) is 0 Å². The van der Waals surface area contributed by atoms with Gasteiger partial charge in [-0.2, -0.15) is 5.26 Å². The van der Waals surface area contributed by atoms with Crippen LogP contribution in [0.2, 0.25) is 0 Å². The second-order valence-electron chi connectivity index (χ2n) is 4.44. The average molecular weight is 238 g/mol. The van der Waals surface area contributed by atoms with Gasteiger partial charge in [-0.3, -0.25) is 4.79 Å². The summed E-state index contributed by atoms with van der Waals surface area (Å²) < 4.78 is 0. The largest absolute Gasteiger partial charge is 0.330 e. The zero-order chi connectivity index (χ0) is 12.9. The molecule has 0 aliphatic carbocycles. The van der Waals surface area contributed by atoms with Crippen molar-refractivity contribution in [1.82, 2.24) is 4.90 Å². The molecule has 0 aromatic carbocycles. The van der Waals surface area contributed by atoms with Crippen molar-refractivity contribution in [1.29, 1.82) is 5.26 Å². The van der Waals surface area contributed by atoms with Gasteiger partial charge in [-0.15, -0.1) is 0 Å². The highest BCUT2D eigenvalue weighted by Crippen LogP contribution is 2.09. The summed E-state index contributed by atoms with van der Waals surface area (Å²) in [5.74, 6) is 0.127. The molecule has 0 spiro atoms. The minimum Gasteiger partial charge on any atom is -0.330 e. The Bertz CT molecular complexity index is 233. The molecule has 0 atom stereocenters. The summed E-state index contributed by atoms with van der Waals surface area (Å²) in [5, 5.41) is 8.56. The van der Waals surface area contributed by atoms with Crippen LogP contribution >= 0.6 is 0 Å². The Hall–Kier alpha value is -1.04.